The summed E-state index contributed by atoms with van der Waals surface area (Å²) in [5.41, 5.74) is 4.68. The number of hydrogen-bond acceptors (Lipinski definition) is 3. The molecule has 0 saturated heterocycles. The van der Waals surface area contributed by atoms with Gasteiger partial charge in [-0.1, -0.05) is 44.2 Å². The fourth-order valence-corrected chi connectivity index (χ4v) is 4.49. The minimum absolute atomic E-state index is 0.0730. The maximum absolute atomic E-state index is 13.7. The highest BCUT2D eigenvalue weighted by Gasteiger charge is 2.32. The van der Waals surface area contributed by atoms with Gasteiger partial charge in [0, 0.05) is 18.7 Å². The van der Waals surface area contributed by atoms with Crippen LogP contribution in [0, 0.1) is 18.7 Å². The Hall–Kier alpha value is -3.67. The molecule has 0 spiro atoms. The van der Waals surface area contributed by atoms with Crippen molar-refractivity contribution in [2.45, 2.75) is 39.7 Å². The van der Waals surface area contributed by atoms with Crippen molar-refractivity contribution in [1.82, 2.24) is 4.90 Å². The van der Waals surface area contributed by atoms with Gasteiger partial charge in [-0.2, -0.15) is 0 Å². The molecule has 0 aromatic heterocycles. The third kappa shape index (κ3) is 6.07. The first-order valence-electron chi connectivity index (χ1n) is 12.0. The number of nitrogens with one attached hydrogen (secondary N) is 1. The van der Waals surface area contributed by atoms with E-state index in [1.165, 1.54) is 12.1 Å². The van der Waals surface area contributed by atoms with Crippen LogP contribution >= 0.6 is 0 Å². The fourth-order valence-electron chi connectivity index (χ4n) is 4.49. The van der Waals surface area contributed by atoms with E-state index in [4.69, 9.17) is 4.74 Å². The SMILES string of the molecule is Cc1cccc(NC(=O)COc2ccc3c(c2)[C@@H](c2ccc(F)cc2)N(C(=O)CC(C)C)CC3)c1. The summed E-state index contributed by atoms with van der Waals surface area (Å²) in [4.78, 5) is 27.4. The third-order valence-corrected chi connectivity index (χ3v) is 6.11. The van der Waals surface area contributed by atoms with Gasteiger partial charge in [-0.05, 0) is 77.9 Å². The number of nitrogens with zero attached hydrogens (tertiary/aromatic N) is 1. The van der Waals surface area contributed by atoms with Crippen LogP contribution < -0.4 is 10.1 Å². The summed E-state index contributed by atoms with van der Waals surface area (Å²) in [5, 5.41) is 2.84. The van der Waals surface area contributed by atoms with Crippen LogP contribution in [0.3, 0.4) is 0 Å². The minimum Gasteiger partial charge on any atom is -0.484 e. The van der Waals surface area contributed by atoms with Gasteiger partial charge in [-0.15, -0.1) is 0 Å². The van der Waals surface area contributed by atoms with Crippen molar-refractivity contribution in [3.8, 4) is 5.75 Å². The highest BCUT2D eigenvalue weighted by Crippen LogP contribution is 2.38. The molecule has 0 fully saturated rings. The van der Waals surface area contributed by atoms with Crippen molar-refractivity contribution >= 4 is 17.5 Å². The maximum Gasteiger partial charge on any atom is 0.262 e. The van der Waals surface area contributed by atoms with Crippen molar-refractivity contribution < 1.29 is 18.7 Å². The summed E-state index contributed by atoms with van der Waals surface area (Å²) in [7, 11) is 0. The molecule has 0 saturated carbocycles. The Morgan fingerprint density at radius 1 is 1.09 bits per heavy atom. The zero-order valence-corrected chi connectivity index (χ0v) is 20.4. The van der Waals surface area contributed by atoms with E-state index in [-0.39, 0.29) is 36.2 Å². The topological polar surface area (TPSA) is 58.6 Å². The molecule has 2 amide bonds. The number of hydrogen-bond donors (Lipinski definition) is 1. The summed E-state index contributed by atoms with van der Waals surface area (Å²) in [6, 6.07) is 19.3. The van der Waals surface area contributed by atoms with Crippen LogP contribution in [0.15, 0.2) is 66.7 Å². The number of benzene rings is 3. The van der Waals surface area contributed by atoms with Gasteiger partial charge in [0.1, 0.15) is 11.6 Å². The summed E-state index contributed by atoms with van der Waals surface area (Å²) in [6.45, 7) is 6.47. The maximum atomic E-state index is 13.7. The average Bonchev–Trinajstić information content (AvgIpc) is 2.82. The van der Waals surface area contributed by atoms with E-state index in [2.05, 4.69) is 5.32 Å². The predicted octanol–water partition coefficient (Wildman–Crippen LogP) is 5.67. The van der Waals surface area contributed by atoms with E-state index in [1.54, 1.807) is 12.1 Å². The quantitative estimate of drug-likeness (QED) is 0.480. The largest absolute Gasteiger partial charge is 0.484 e. The van der Waals surface area contributed by atoms with Gasteiger partial charge in [0.2, 0.25) is 5.91 Å². The molecule has 0 bridgehead atoms. The smallest absolute Gasteiger partial charge is 0.262 e. The number of fused-ring (bicyclic) bond motifs is 1. The van der Waals surface area contributed by atoms with Crippen LogP contribution in [0.5, 0.6) is 5.75 Å². The Kier molecular flexibility index (Phi) is 7.49. The normalized spacial score (nSPS) is 15.0. The van der Waals surface area contributed by atoms with Crippen LogP contribution in [-0.2, 0) is 16.0 Å². The first-order chi connectivity index (χ1) is 16.8. The predicted molar refractivity (Wildman–Crippen MR) is 135 cm³/mol. The van der Waals surface area contributed by atoms with Crippen molar-refractivity contribution in [3.05, 3.63) is 94.8 Å². The Bertz CT molecular complexity index is 1210. The molecule has 3 aromatic carbocycles. The Morgan fingerprint density at radius 3 is 2.57 bits per heavy atom. The molecule has 1 N–H and O–H groups in total. The molecule has 182 valence electrons. The van der Waals surface area contributed by atoms with Gasteiger partial charge < -0.3 is 15.0 Å². The number of aryl methyl sites for hydroxylation is 1. The molecule has 1 atom stereocenters. The molecule has 0 aliphatic carbocycles. The standard InChI is InChI=1S/C29H31FN2O3/c1-19(2)15-28(34)32-14-13-21-9-12-25(17-26(21)29(32)22-7-10-23(30)11-8-22)35-18-27(33)31-24-6-4-5-20(3)16-24/h4-12,16-17,19,29H,13-15,18H2,1-3H3,(H,31,33)/t29-/m1/s1. The van der Waals surface area contributed by atoms with E-state index >= 15 is 0 Å². The summed E-state index contributed by atoms with van der Waals surface area (Å²) >= 11 is 0. The first kappa shape index (κ1) is 24.5. The lowest BCUT2D eigenvalue weighted by Crippen LogP contribution is -2.41. The van der Waals surface area contributed by atoms with Crippen molar-refractivity contribution in [3.63, 3.8) is 0 Å². The van der Waals surface area contributed by atoms with Gasteiger partial charge in [0.15, 0.2) is 6.61 Å². The second-order valence-corrected chi connectivity index (χ2v) is 9.46. The molecule has 0 radical (unpaired) electrons. The Balaban J connectivity index is 1.57. The Morgan fingerprint density at radius 2 is 1.86 bits per heavy atom. The zero-order valence-electron chi connectivity index (χ0n) is 20.4. The van der Waals surface area contributed by atoms with E-state index in [0.717, 1.165) is 34.4 Å². The lowest BCUT2D eigenvalue weighted by molar-refractivity contribution is -0.134. The van der Waals surface area contributed by atoms with E-state index in [0.29, 0.717) is 18.7 Å². The lowest BCUT2D eigenvalue weighted by Gasteiger charge is -2.38. The second kappa shape index (κ2) is 10.7. The lowest BCUT2D eigenvalue weighted by atomic mass is 9.87. The van der Waals surface area contributed by atoms with Gasteiger partial charge in [-0.3, -0.25) is 9.59 Å². The molecule has 0 unspecified atom stereocenters. The van der Waals surface area contributed by atoms with Gasteiger partial charge in [0.25, 0.3) is 5.91 Å². The van der Waals surface area contributed by atoms with E-state index in [1.807, 2.05) is 68.1 Å². The molecular weight excluding hydrogens is 443 g/mol. The van der Waals surface area contributed by atoms with Gasteiger partial charge in [0.05, 0.1) is 6.04 Å². The monoisotopic (exact) mass is 474 g/mol. The van der Waals surface area contributed by atoms with Gasteiger partial charge in [-0.25, -0.2) is 4.39 Å². The molecule has 4 rings (SSSR count). The molecule has 6 heteroatoms. The third-order valence-electron chi connectivity index (χ3n) is 6.11. The summed E-state index contributed by atoms with van der Waals surface area (Å²) in [6.07, 6.45) is 1.17. The summed E-state index contributed by atoms with van der Waals surface area (Å²) in [5.74, 6) is 0.287. The van der Waals surface area contributed by atoms with Crippen LogP contribution in [0.4, 0.5) is 10.1 Å². The van der Waals surface area contributed by atoms with Crippen molar-refractivity contribution in [2.24, 2.45) is 5.92 Å². The number of halogens is 1. The van der Waals surface area contributed by atoms with Crippen LogP contribution in [0.1, 0.15) is 48.6 Å². The number of carbonyl (C=O) groups excluding carboxylic acids is 2. The number of rotatable bonds is 7. The zero-order chi connectivity index (χ0) is 24.9. The van der Waals surface area contributed by atoms with Crippen molar-refractivity contribution in [2.75, 3.05) is 18.5 Å². The minimum atomic E-state index is -0.338. The van der Waals surface area contributed by atoms with E-state index in [9.17, 15) is 14.0 Å². The highest BCUT2D eigenvalue weighted by atomic mass is 19.1. The summed E-state index contributed by atoms with van der Waals surface area (Å²) < 4.78 is 19.5. The molecule has 1 heterocycles. The number of ether oxygens (including phenoxy) is 1. The van der Waals surface area contributed by atoms with E-state index < -0.39 is 0 Å². The number of anilines is 1. The van der Waals surface area contributed by atoms with Crippen molar-refractivity contribution in [1.29, 1.82) is 0 Å². The molecule has 1 aliphatic rings. The molecule has 5 nitrogen and oxygen atoms in total. The number of amides is 2. The molecule has 35 heavy (non-hydrogen) atoms. The fraction of sp³-hybridized carbons (Fsp3) is 0.310. The van der Waals surface area contributed by atoms with Crippen LogP contribution in [0.2, 0.25) is 0 Å². The Labute approximate surface area is 205 Å². The number of carbonyl (C=O) groups is 2. The van der Waals surface area contributed by atoms with Gasteiger partial charge >= 0.3 is 0 Å². The van der Waals surface area contributed by atoms with Crippen LogP contribution in [0.25, 0.3) is 0 Å². The molecular formula is C29H31FN2O3. The highest BCUT2D eigenvalue weighted by molar-refractivity contribution is 5.91. The molecule has 1 aliphatic heterocycles. The molecule has 3 aromatic rings. The first-order valence-corrected chi connectivity index (χ1v) is 12.0. The average molecular weight is 475 g/mol. The second-order valence-electron chi connectivity index (χ2n) is 9.46. The van der Waals surface area contributed by atoms with Crippen LogP contribution in [-0.4, -0.2) is 29.9 Å².